The highest BCUT2D eigenvalue weighted by atomic mass is 14.5. The maximum absolute atomic E-state index is 5.78. The lowest BCUT2D eigenvalue weighted by Crippen LogP contribution is -1.88. The Hall–Kier alpha value is -0.980. The molecule has 0 saturated heterocycles. The topological polar surface area (TPSA) is 26.0 Å². The van der Waals surface area contributed by atoms with Crippen molar-refractivity contribution in [2.75, 3.05) is 5.73 Å². The fraction of sp³-hybridized carbons (Fsp3) is 0.893. The monoisotopic (exact) mass is 794 g/mol. The Morgan fingerprint density at radius 1 is 0.228 bits per heavy atom. The highest BCUT2D eigenvalue weighted by molar-refractivity contribution is 5.39. The largest absolute Gasteiger partial charge is 0.399 e. The molecule has 0 aromatic heterocycles. The molecule has 0 fully saturated rings. The second-order valence-corrected chi connectivity index (χ2v) is 19.1. The Bertz CT molecular complexity index is 843. The number of rotatable bonds is 49. The van der Waals surface area contributed by atoms with Gasteiger partial charge in [0.05, 0.1) is 0 Å². The molecule has 0 aliphatic carbocycles. The van der Waals surface area contributed by atoms with Crippen molar-refractivity contribution in [3.63, 3.8) is 0 Å². The predicted octanol–water partition coefficient (Wildman–Crippen LogP) is 20.6. The van der Waals surface area contributed by atoms with Crippen molar-refractivity contribution in [3.05, 3.63) is 29.8 Å². The third-order valence-corrected chi connectivity index (χ3v) is 13.3. The molecule has 0 saturated carbocycles. The SMILES string of the molecule is CCCCCCCCCCCCCCCCCCCCCCCCCCCCCCCCCCCCCCCCCCCCCCCCCCc1ccc(N)cc1. The summed E-state index contributed by atoms with van der Waals surface area (Å²) < 4.78 is 0. The molecule has 1 rings (SSSR count). The van der Waals surface area contributed by atoms with Crippen LogP contribution in [0.3, 0.4) is 0 Å². The molecule has 0 spiro atoms. The lowest BCUT2D eigenvalue weighted by atomic mass is 10.0. The summed E-state index contributed by atoms with van der Waals surface area (Å²) in [7, 11) is 0. The minimum absolute atomic E-state index is 0.876. The molecule has 2 N–H and O–H groups in total. The molecule has 0 aliphatic rings. The van der Waals surface area contributed by atoms with Gasteiger partial charge in [-0.25, -0.2) is 0 Å². The summed E-state index contributed by atoms with van der Waals surface area (Å²) in [6.07, 6.45) is 72.0. The maximum Gasteiger partial charge on any atom is 0.0314 e. The molecule has 0 amide bonds. The average Bonchev–Trinajstić information content (AvgIpc) is 3.22. The summed E-state index contributed by atoms with van der Waals surface area (Å²) in [4.78, 5) is 0. The molecule has 57 heavy (non-hydrogen) atoms. The minimum Gasteiger partial charge on any atom is -0.399 e. The van der Waals surface area contributed by atoms with Gasteiger partial charge in [-0.1, -0.05) is 321 Å². The summed E-state index contributed by atoms with van der Waals surface area (Å²) in [5, 5.41) is 0. The Morgan fingerprint density at radius 2 is 0.386 bits per heavy atom. The van der Waals surface area contributed by atoms with E-state index >= 15 is 0 Å². The second-order valence-electron chi connectivity index (χ2n) is 19.1. The third-order valence-electron chi connectivity index (χ3n) is 13.3. The van der Waals surface area contributed by atoms with Crippen LogP contribution in [0.15, 0.2) is 24.3 Å². The van der Waals surface area contributed by atoms with Gasteiger partial charge in [-0.05, 0) is 30.5 Å². The van der Waals surface area contributed by atoms with Crippen molar-refractivity contribution < 1.29 is 0 Å². The quantitative estimate of drug-likeness (QED) is 0.0516. The summed E-state index contributed by atoms with van der Waals surface area (Å²) in [5.74, 6) is 0. The summed E-state index contributed by atoms with van der Waals surface area (Å²) >= 11 is 0. The zero-order valence-corrected chi connectivity index (χ0v) is 39.5. The van der Waals surface area contributed by atoms with Crippen LogP contribution in [0.5, 0.6) is 0 Å². The number of unbranched alkanes of at least 4 members (excludes halogenated alkanes) is 47. The number of hydrogen-bond acceptors (Lipinski definition) is 1. The van der Waals surface area contributed by atoms with Crippen LogP contribution in [-0.4, -0.2) is 0 Å². The van der Waals surface area contributed by atoms with Crippen molar-refractivity contribution in [1.29, 1.82) is 0 Å². The second kappa shape index (κ2) is 47.7. The molecule has 336 valence electrons. The Morgan fingerprint density at radius 3 is 0.561 bits per heavy atom. The van der Waals surface area contributed by atoms with Crippen LogP contribution in [0.1, 0.15) is 321 Å². The molecule has 0 unspecified atom stereocenters. The van der Waals surface area contributed by atoms with Crippen molar-refractivity contribution in [1.82, 2.24) is 0 Å². The zero-order chi connectivity index (χ0) is 40.6. The lowest BCUT2D eigenvalue weighted by Gasteiger charge is -2.05. The van der Waals surface area contributed by atoms with Gasteiger partial charge in [0.25, 0.3) is 0 Å². The normalized spacial score (nSPS) is 11.6. The van der Waals surface area contributed by atoms with Crippen LogP contribution in [-0.2, 0) is 6.42 Å². The van der Waals surface area contributed by atoms with E-state index in [1.807, 2.05) is 12.1 Å². The van der Waals surface area contributed by atoms with E-state index in [9.17, 15) is 0 Å². The molecular formula is C56H107N. The van der Waals surface area contributed by atoms with E-state index in [2.05, 4.69) is 19.1 Å². The molecular weight excluding hydrogens is 687 g/mol. The van der Waals surface area contributed by atoms with Gasteiger partial charge in [-0.2, -0.15) is 0 Å². The van der Waals surface area contributed by atoms with Gasteiger partial charge in [-0.3, -0.25) is 0 Å². The highest BCUT2D eigenvalue weighted by Gasteiger charge is 2.00. The smallest absolute Gasteiger partial charge is 0.0314 e. The van der Waals surface area contributed by atoms with E-state index in [-0.39, 0.29) is 0 Å². The van der Waals surface area contributed by atoms with Gasteiger partial charge in [0.15, 0.2) is 0 Å². The van der Waals surface area contributed by atoms with Crippen molar-refractivity contribution >= 4 is 5.69 Å². The molecule has 0 heterocycles. The van der Waals surface area contributed by atoms with Crippen molar-refractivity contribution in [3.8, 4) is 0 Å². The van der Waals surface area contributed by atoms with Gasteiger partial charge in [0.1, 0.15) is 0 Å². The summed E-state index contributed by atoms with van der Waals surface area (Å²) in [5.41, 5.74) is 8.09. The van der Waals surface area contributed by atoms with Crippen LogP contribution in [0.25, 0.3) is 0 Å². The van der Waals surface area contributed by atoms with Gasteiger partial charge < -0.3 is 5.73 Å². The third kappa shape index (κ3) is 44.4. The number of anilines is 1. The minimum atomic E-state index is 0.876. The lowest BCUT2D eigenvalue weighted by molar-refractivity contribution is 0.508. The van der Waals surface area contributed by atoms with E-state index in [0.29, 0.717) is 0 Å². The van der Waals surface area contributed by atoms with Gasteiger partial charge in [0, 0.05) is 5.69 Å². The summed E-state index contributed by atoms with van der Waals surface area (Å²) in [6, 6.07) is 8.43. The Balaban J connectivity index is 1.60. The van der Waals surface area contributed by atoms with Gasteiger partial charge in [0.2, 0.25) is 0 Å². The standard InChI is InChI=1S/C56H107N/c1-2-3-4-5-6-7-8-9-10-11-12-13-14-15-16-17-18-19-20-21-22-23-24-25-26-27-28-29-30-31-32-33-34-35-36-37-38-39-40-41-42-43-44-45-46-47-48-49-50-55-51-53-56(57)54-52-55/h51-54H,2-50,57H2,1H3. The van der Waals surface area contributed by atoms with Crippen molar-refractivity contribution in [2.45, 2.75) is 322 Å². The first-order valence-corrected chi connectivity index (χ1v) is 27.2. The van der Waals surface area contributed by atoms with E-state index in [1.54, 1.807) is 0 Å². The first-order valence-electron chi connectivity index (χ1n) is 27.2. The number of hydrogen-bond donors (Lipinski definition) is 1. The van der Waals surface area contributed by atoms with Crippen LogP contribution in [0, 0.1) is 0 Å². The molecule has 0 aliphatic heterocycles. The van der Waals surface area contributed by atoms with E-state index in [1.165, 1.54) is 320 Å². The van der Waals surface area contributed by atoms with Crippen LogP contribution in [0.2, 0.25) is 0 Å². The number of nitrogens with two attached hydrogens (primary N) is 1. The average molecular weight is 794 g/mol. The first-order chi connectivity index (χ1) is 28.3. The van der Waals surface area contributed by atoms with Crippen molar-refractivity contribution in [2.24, 2.45) is 0 Å². The van der Waals surface area contributed by atoms with Gasteiger partial charge >= 0.3 is 0 Å². The molecule has 0 bridgehead atoms. The van der Waals surface area contributed by atoms with Crippen LogP contribution >= 0.6 is 0 Å². The van der Waals surface area contributed by atoms with Crippen LogP contribution < -0.4 is 5.73 Å². The van der Waals surface area contributed by atoms with E-state index < -0.39 is 0 Å². The van der Waals surface area contributed by atoms with Gasteiger partial charge in [-0.15, -0.1) is 0 Å². The number of nitrogen functional groups attached to an aromatic ring is 1. The predicted molar refractivity (Wildman–Crippen MR) is 262 cm³/mol. The van der Waals surface area contributed by atoms with E-state index in [0.717, 1.165) is 5.69 Å². The highest BCUT2D eigenvalue weighted by Crippen LogP contribution is 2.19. The number of benzene rings is 1. The Kier molecular flexibility index (Phi) is 45.2. The fourth-order valence-electron chi connectivity index (χ4n) is 9.22. The maximum atomic E-state index is 5.78. The molecule has 1 nitrogen and oxygen atoms in total. The first kappa shape index (κ1) is 54.0. The van der Waals surface area contributed by atoms with E-state index in [4.69, 9.17) is 5.73 Å². The van der Waals surface area contributed by atoms with Crippen LogP contribution in [0.4, 0.5) is 5.69 Å². The molecule has 0 atom stereocenters. The molecule has 1 aromatic carbocycles. The molecule has 0 radical (unpaired) electrons. The Labute approximate surface area is 361 Å². The summed E-state index contributed by atoms with van der Waals surface area (Å²) in [6.45, 7) is 2.31. The molecule has 1 heteroatoms. The number of aryl methyl sites for hydroxylation is 1. The molecule has 1 aromatic rings. The zero-order valence-electron chi connectivity index (χ0n) is 39.5. The fourth-order valence-corrected chi connectivity index (χ4v) is 9.22.